The zero-order valence-electron chi connectivity index (χ0n) is 10.5. The molecule has 2 rings (SSSR count). The zero-order chi connectivity index (χ0) is 15.8. The number of ether oxygens (including phenoxy) is 1. The van der Waals surface area contributed by atoms with Crippen LogP contribution < -0.4 is 0 Å². The highest BCUT2D eigenvalue weighted by Gasteiger charge is 2.67. The fourth-order valence-electron chi connectivity index (χ4n) is 1.81. The Hall–Kier alpha value is -1.83. The molecule has 1 aliphatic rings. The Bertz CT molecular complexity index is 617. The first-order valence-electron chi connectivity index (χ1n) is 5.57. The number of carbonyl (C=O) groups excluding carboxylic acids is 1. The Kier molecular flexibility index (Phi) is 3.83. The van der Waals surface area contributed by atoms with Crippen molar-refractivity contribution in [3.05, 3.63) is 34.6 Å². The summed E-state index contributed by atoms with van der Waals surface area (Å²) in [5.41, 5.74) is -3.26. The van der Waals surface area contributed by atoms with Crippen molar-refractivity contribution in [2.45, 2.75) is 18.2 Å². The van der Waals surface area contributed by atoms with Gasteiger partial charge in [-0.05, 0) is 12.1 Å². The van der Waals surface area contributed by atoms with E-state index in [1.165, 1.54) is 6.07 Å². The van der Waals surface area contributed by atoms with E-state index in [0.717, 1.165) is 19.2 Å². The normalized spacial score (nSPS) is 21.7. The molecule has 9 heteroatoms. The fraction of sp³-hybridized carbons (Fsp3) is 0.333. The maximum atomic E-state index is 13.1. The Morgan fingerprint density at radius 1 is 1.48 bits per heavy atom. The van der Waals surface area contributed by atoms with E-state index in [0.29, 0.717) is 0 Å². The van der Waals surface area contributed by atoms with Gasteiger partial charge in [0.2, 0.25) is 0 Å². The first kappa shape index (κ1) is 15.6. The molecule has 0 bridgehead atoms. The lowest BCUT2D eigenvalue weighted by Crippen LogP contribution is -2.52. The molecule has 1 aromatic carbocycles. The van der Waals surface area contributed by atoms with Crippen molar-refractivity contribution in [3.63, 3.8) is 0 Å². The quantitative estimate of drug-likeness (QED) is 0.620. The van der Waals surface area contributed by atoms with Crippen LogP contribution >= 0.6 is 11.6 Å². The van der Waals surface area contributed by atoms with Gasteiger partial charge in [-0.3, -0.25) is 0 Å². The second kappa shape index (κ2) is 5.18. The molecular formula is C12H8ClF4NO3. The lowest BCUT2D eigenvalue weighted by atomic mass is 9.93. The third-order valence-corrected chi connectivity index (χ3v) is 3.24. The highest BCUT2D eigenvalue weighted by Crippen LogP contribution is 2.42. The van der Waals surface area contributed by atoms with Crippen LogP contribution in [0.5, 0.6) is 0 Å². The maximum Gasteiger partial charge on any atom is 0.442 e. The Labute approximate surface area is 121 Å². The van der Waals surface area contributed by atoms with Crippen LogP contribution in [-0.4, -0.2) is 30.6 Å². The number of hydrogen-bond donors (Lipinski definition) is 0. The van der Waals surface area contributed by atoms with Gasteiger partial charge in [-0.1, -0.05) is 22.8 Å². The summed E-state index contributed by atoms with van der Waals surface area (Å²) < 4.78 is 56.5. The Morgan fingerprint density at radius 3 is 2.67 bits per heavy atom. The first-order chi connectivity index (χ1) is 9.71. The predicted molar refractivity (Wildman–Crippen MR) is 64.5 cm³/mol. The van der Waals surface area contributed by atoms with Crippen LogP contribution in [0.25, 0.3) is 0 Å². The van der Waals surface area contributed by atoms with E-state index >= 15 is 0 Å². The second-order valence-electron chi connectivity index (χ2n) is 4.25. The van der Waals surface area contributed by atoms with Gasteiger partial charge in [0.15, 0.2) is 0 Å². The molecule has 1 aromatic rings. The van der Waals surface area contributed by atoms with Crippen LogP contribution in [0, 0.1) is 5.82 Å². The second-order valence-corrected chi connectivity index (χ2v) is 4.66. The van der Waals surface area contributed by atoms with Crippen LogP contribution in [0.2, 0.25) is 5.02 Å². The molecule has 21 heavy (non-hydrogen) atoms. The standard InChI is InChI=1S/C12H8ClF4NO3/c1-20-10(19)11(12(15,16)17)5-9(18-21-11)6-2-3-8(14)7(13)4-6/h2-4H,5H2,1H3. The van der Waals surface area contributed by atoms with Crippen LogP contribution in [0.4, 0.5) is 17.6 Å². The van der Waals surface area contributed by atoms with Crippen LogP contribution in [0.1, 0.15) is 12.0 Å². The SMILES string of the molecule is COC(=O)C1(C(F)(F)F)CC(c2ccc(F)c(Cl)c2)=NO1. The number of oxime groups is 1. The molecule has 4 nitrogen and oxygen atoms in total. The molecule has 0 aliphatic carbocycles. The molecule has 0 saturated heterocycles. The molecule has 1 unspecified atom stereocenters. The smallest absolute Gasteiger partial charge is 0.442 e. The molecule has 1 aliphatic heterocycles. The van der Waals surface area contributed by atoms with E-state index in [-0.39, 0.29) is 16.3 Å². The number of halogens is 5. The number of alkyl halides is 3. The zero-order valence-corrected chi connectivity index (χ0v) is 11.3. The molecule has 0 N–H and O–H groups in total. The first-order valence-corrected chi connectivity index (χ1v) is 5.94. The lowest BCUT2D eigenvalue weighted by molar-refractivity contribution is -0.268. The topological polar surface area (TPSA) is 47.9 Å². The van der Waals surface area contributed by atoms with E-state index in [1.807, 2.05) is 0 Å². The van der Waals surface area contributed by atoms with Crippen molar-refractivity contribution in [3.8, 4) is 0 Å². The van der Waals surface area contributed by atoms with Crippen molar-refractivity contribution < 1.29 is 31.9 Å². The lowest BCUT2D eigenvalue weighted by Gasteiger charge is -2.25. The number of hydrogen-bond acceptors (Lipinski definition) is 4. The van der Waals surface area contributed by atoms with Gasteiger partial charge in [0, 0.05) is 5.56 Å². The van der Waals surface area contributed by atoms with Crippen LogP contribution in [-0.2, 0) is 14.4 Å². The average Bonchev–Trinajstić information content (AvgIpc) is 2.87. The van der Waals surface area contributed by atoms with E-state index < -0.39 is 30.0 Å². The molecule has 1 atom stereocenters. The minimum Gasteiger partial charge on any atom is -0.466 e. The van der Waals surface area contributed by atoms with Gasteiger partial charge in [0.1, 0.15) is 5.82 Å². The van der Waals surface area contributed by atoms with E-state index in [2.05, 4.69) is 14.7 Å². The summed E-state index contributed by atoms with van der Waals surface area (Å²) in [6, 6.07) is 3.27. The average molecular weight is 326 g/mol. The maximum absolute atomic E-state index is 13.1. The van der Waals surface area contributed by atoms with Crippen molar-refractivity contribution in [2.24, 2.45) is 5.16 Å². The van der Waals surface area contributed by atoms with E-state index in [1.54, 1.807) is 0 Å². The van der Waals surface area contributed by atoms with Crippen molar-refractivity contribution >= 4 is 23.3 Å². The highest BCUT2D eigenvalue weighted by molar-refractivity contribution is 6.31. The summed E-state index contributed by atoms with van der Waals surface area (Å²) in [7, 11) is 0.811. The highest BCUT2D eigenvalue weighted by atomic mass is 35.5. The van der Waals surface area contributed by atoms with Gasteiger partial charge in [0.05, 0.1) is 24.3 Å². The van der Waals surface area contributed by atoms with Gasteiger partial charge < -0.3 is 9.57 Å². The van der Waals surface area contributed by atoms with Crippen molar-refractivity contribution in [1.82, 2.24) is 0 Å². The van der Waals surface area contributed by atoms with Gasteiger partial charge in [-0.25, -0.2) is 9.18 Å². The molecular weight excluding hydrogens is 318 g/mol. The minimum absolute atomic E-state index is 0.122. The van der Waals surface area contributed by atoms with Gasteiger partial charge in [-0.15, -0.1) is 0 Å². The molecule has 114 valence electrons. The van der Waals surface area contributed by atoms with Crippen molar-refractivity contribution in [1.29, 1.82) is 0 Å². The summed E-state index contributed by atoms with van der Waals surface area (Å²) in [5.74, 6) is -2.34. The fourth-order valence-corrected chi connectivity index (χ4v) is 1.99. The number of nitrogens with zero attached hydrogens (tertiary/aromatic N) is 1. The third-order valence-electron chi connectivity index (χ3n) is 2.95. The molecule has 0 saturated carbocycles. The molecule has 0 spiro atoms. The third kappa shape index (κ3) is 2.55. The van der Waals surface area contributed by atoms with Crippen molar-refractivity contribution in [2.75, 3.05) is 7.11 Å². The Morgan fingerprint density at radius 2 is 2.14 bits per heavy atom. The van der Waals surface area contributed by atoms with Crippen LogP contribution in [0.3, 0.4) is 0 Å². The Balaban J connectivity index is 2.35. The molecule has 0 radical (unpaired) electrons. The number of esters is 1. The van der Waals surface area contributed by atoms with Gasteiger partial charge in [0.25, 0.3) is 0 Å². The number of carbonyl (C=O) groups is 1. The number of methoxy groups -OCH3 is 1. The summed E-state index contributed by atoms with van der Waals surface area (Å²) in [4.78, 5) is 15.8. The largest absolute Gasteiger partial charge is 0.466 e. The van der Waals surface area contributed by atoms with Gasteiger partial charge in [-0.2, -0.15) is 13.2 Å². The van der Waals surface area contributed by atoms with Crippen LogP contribution in [0.15, 0.2) is 23.4 Å². The monoisotopic (exact) mass is 325 g/mol. The summed E-state index contributed by atoms with van der Waals surface area (Å²) in [5, 5.41) is 3.00. The summed E-state index contributed by atoms with van der Waals surface area (Å²) >= 11 is 5.56. The van der Waals surface area contributed by atoms with Gasteiger partial charge >= 0.3 is 17.7 Å². The molecule has 0 fully saturated rings. The molecule has 1 heterocycles. The minimum atomic E-state index is -5.02. The van der Waals surface area contributed by atoms with E-state index in [4.69, 9.17) is 11.6 Å². The van der Waals surface area contributed by atoms with E-state index in [9.17, 15) is 22.4 Å². The summed E-state index contributed by atoms with van der Waals surface area (Å²) in [6.45, 7) is 0. The molecule has 0 amide bonds. The summed E-state index contributed by atoms with van der Waals surface area (Å²) in [6.07, 6.45) is -5.90. The number of benzene rings is 1. The predicted octanol–water partition coefficient (Wildman–Crippen LogP) is 3.08. The number of rotatable bonds is 2. The molecule has 0 aromatic heterocycles.